The van der Waals surface area contributed by atoms with Crippen molar-refractivity contribution < 1.29 is 4.74 Å². The van der Waals surface area contributed by atoms with E-state index >= 15 is 0 Å². The van der Waals surface area contributed by atoms with Crippen LogP contribution in [-0.4, -0.2) is 12.7 Å². The van der Waals surface area contributed by atoms with Gasteiger partial charge in [-0.25, -0.2) is 0 Å². The Kier molecular flexibility index (Phi) is 0.320. The molecule has 1 heteroatoms. The van der Waals surface area contributed by atoms with Crippen molar-refractivity contribution in [2.45, 2.75) is 12.5 Å². The highest BCUT2D eigenvalue weighted by Crippen LogP contribution is 2.29. The van der Waals surface area contributed by atoms with E-state index in [9.17, 15) is 0 Å². The van der Waals surface area contributed by atoms with E-state index < -0.39 is 0 Å². The molecular weight excluding hydrogens is 76.1 g/mol. The summed E-state index contributed by atoms with van der Waals surface area (Å²) in [7, 11) is 0. The summed E-state index contributed by atoms with van der Waals surface area (Å²) in [5.74, 6) is 0. The van der Waals surface area contributed by atoms with Crippen LogP contribution in [0.25, 0.3) is 0 Å². The number of fused-ring (bicyclic) bond motifs is 1. The summed E-state index contributed by atoms with van der Waals surface area (Å²) in [6, 6.07) is 0. The summed E-state index contributed by atoms with van der Waals surface area (Å²) < 4.78 is 5.13. The summed E-state index contributed by atoms with van der Waals surface area (Å²) in [5, 5.41) is 0. The van der Waals surface area contributed by atoms with Crippen molar-refractivity contribution in [3.63, 3.8) is 0 Å². The molecule has 2 aliphatic heterocycles. The molecule has 0 spiro atoms. The third-order valence-corrected chi connectivity index (χ3v) is 1.37. The van der Waals surface area contributed by atoms with Gasteiger partial charge >= 0.3 is 0 Å². The first-order valence-corrected chi connectivity index (χ1v) is 2.26. The maximum absolute atomic E-state index is 5.13. The van der Waals surface area contributed by atoms with Crippen LogP contribution >= 0.6 is 0 Å². The summed E-state index contributed by atoms with van der Waals surface area (Å²) in [6.45, 7) is 0.921. The molecule has 0 saturated carbocycles. The molecule has 2 heterocycles. The zero-order valence-electron chi connectivity index (χ0n) is 3.48. The standard InChI is InChI=1S/C5H6O/c1-4-2-5(1)6-3-4/h1,5H,2-3H2. The molecule has 1 unspecified atom stereocenters. The zero-order chi connectivity index (χ0) is 3.98. The Morgan fingerprint density at radius 3 is 2.83 bits per heavy atom. The van der Waals surface area contributed by atoms with E-state index in [1.54, 1.807) is 0 Å². The highest BCUT2D eigenvalue weighted by Gasteiger charge is 2.26. The molecule has 0 N–H and O–H groups in total. The Balaban J connectivity index is 2.39. The number of rotatable bonds is 0. The van der Waals surface area contributed by atoms with Crippen molar-refractivity contribution >= 4 is 0 Å². The normalized spacial score (nSPS) is 38.7. The molecule has 0 radical (unpaired) electrons. The number of hydrogen-bond donors (Lipinski definition) is 0. The van der Waals surface area contributed by atoms with Gasteiger partial charge in [-0.15, -0.1) is 0 Å². The molecule has 3 aliphatic rings. The van der Waals surface area contributed by atoms with E-state index in [4.69, 9.17) is 4.74 Å². The largest absolute Gasteiger partial charge is 0.369 e. The minimum Gasteiger partial charge on any atom is -0.369 e. The molecule has 1 saturated heterocycles. The molecule has 1 atom stereocenters. The van der Waals surface area contributed by atoms with Crippen LogP contribution in [0.2, 0.25) is 0 Å². The van der Waals surface area contributed by atoms with Crippen LogP contribution in [0.3, 0.4) is 0 Å². The van der Waals surface area contributed by atoms with E-state index in [1.807, 2.05) is 0 Å². The molecule has 2 bridgehead atoms. The van der Waals surface area contributed by atoms with Gasteiger partial charge in [0.15, 0.2) is 0 Å². The average Bonchev–Trinajstić information content (AvgIpc) is 1.72. The van der Waals surface area contributed by atoms with Gasteiger partial charge in [-0.1, -0.05) is 6.08 Å². The molecule has 1 fully saturated rings. The molecule has 32 valence electrons. The summed E-state index contributed by atoms with van der Waals surface area (Å²) in [4.78, 5) is 0. The summed E-state index contributed by atoms with van der Waals surface area (Å²) in [5.41, 5.74) is 1.50. The fraction of sp³-hybridized carbons (Fsp3) is 0.600. The SMILES string of the molecule is C1=C2COC1C2. The molecule has 1 nitrogen and oxygen atoms in total. The predicted molar refractivity (Wildman–Crippen MR) is 22.4 cm³/mol. The smallest absolute Gasteiger partial charge is 0.0801 e. The molecule has 0 amide bonds. The van der Waals surface area contributed by atoms with Crippen molar-refractivity contribution in [1.29, 1.82) is 0 Å². The maximum Gasteiger partial charge on any atom is 0.0801 e. The molecule has 3 rings (SSSR count). The molecule has 1 aliphatic carbocycles. The van der Waals surface area contributed by atoms with Gasteiger partial charge in [-0.3, -0.25) is 0 Å². The van der Waals surface area contributed by atoms with Gasteiger partial charge < -0.3 is 4.74 Å². The number of hydrogen-bond acceptors (Lipinski definition) is 1. The Hall–Kier alpha value is -0.300. The van der Waals surface area contributed by atoms with Crippen molar-refractivity contribution in [3.8, 4) is 0 Å². The topological polar surface area (TPSA) is 9.23 Å². The van der Waals surface area contributed by atoms with Crippen molar-refractivity contribution in [2.75, 3.05) is 6.61 Å². The lowest BCUT2D eigenvalue weighted by molar-refractivity contribution is 0.159. The lowest BCUT2D eigenvalue weighted by Crippen LogP contribution is -2.03. The third-order valence-electron chi connectivity index (χ3n) is 1.37. The highest BCUT2D eigenvalue weighted by molar-refractivity contribution is 5.23. The first-order valence-electron chi connectivity index (χ1n) is 2.26. The van der Waals surface area contributed by atoms with Gasteiger partial charge in [-0.2, -0.15) is 0 Å². The Bertz CT molecular complexity index is 101. The highest BCUT2D eigenvalue weighted by atomic mass is 16.5. The Labute approximate surface area is 36.6 Å². The van der Waals surface area contributed by atoms with Crippen LogP contribution in [0.15, 0.2) is 11.6 Å². The second-order valence-electron chi connectivity index (χ2n) is 1.88. The fourth-order valence-corrected chi connectivity index (χ4v) is 0.916. The quantitative estimate of drug-likeness (QED) is 0.391. The van der Waals surface area contributed by atoms with Gasteiger partial charge in [0.25, 0.3) is 0 Å². The van der Waals surface area contributed by atoms with Crippen molar-refractivity contribution in [2.24, 2.45) is 0 Å². The van der Waals surface area contributed by atoms with Gasteiger partial charge in [0.1, 0.15) is 0 Å². The van der Waals surface area contributed by atoms with Crippen LogP contribution in [0.4, 0.5) is 0 Å². The van der Waals surface area contributed by atoms with Crippen LogP contribution in [0.1, 0.15) is 6.42 Å². The van der Waals surface area contributed by atoms with Crippen molar-refractivity contribution in [1.82, 2.24) is 0 Å². The zero-order valence-corrected chi connectivity index (χ0v) is 3.48. The molecular formula is C5H6O. The Morgan fingerprint density at radius 1 is 1.83 bits per heavy atom. The lowest BCUT2D eigenvalue weighted by Gasteiger charge is -2.05. The number of ether oxygens (including phenoxy) is 1. The minimum absolute atomic E-state index is 0.528. The van der Waals surface area contributed by atoms with Crippen LogP contribution in [-0.2, 0) is 4.74 Å². The second-order valence-corrected chi connectivity index (χ2v) is 1.88. The summed E-state index contributed by atoms with van der Waals surface area (Å²) in [6.07, 6.45) is 3.94. The second kappa shape index (κ2) is 0.684. The van der Waals surface area contributed by atoms with Crippen molar-refractivity contribution in [3.05, 3.63) is 11.6 Å². The molecule has 0 aromatic carbocycles. The van der Waals surface area contributed by atoms with E-state index in [0.717, 1.165) is 6.61 Å². The predicted octanol–water partition coefficient (Wildman–Crippen LogP) is 0.715. The fourth-order valence-electron chi connectivity index (χ4n) is 0.916. The van der Waals surface area contributed by atoms with Gasteiger partial charge in [0.2, 0.25) is 0 Å². The Morgan fingerprint density at radius 2 is 2.67 bits per heavy atom. The van der Waals surface area contributed by atoms with E-state index in [-0.39, 0.29) is 0 Å². The first kappa shape index (κ1) is 2.80. The minimum atomic E-state index is 0.528. The third kappa shape index (κ3) is 0.167. The first-order chi connectivity index (χ1) is 2.95. The van der Waals surface area contributed by atoms with E-state index in [0.29, 0.717) is 6.10 Å². The summed E-state index contributed by atoms with van der Waals surface area (Å²) >= 11 is 0. The van der Waals surface area contributed by atoms with Crippen LogP contribution in [0, 0.1) is 0 Å². The van der Waals surface area contributed by atoms with Gasteiger partial charge in [-0.05, 0) is 5.57 Å². The molecule has 0 aromatic heterocycles. The van der Waals surface area contributed by atoms with Crippen LogP contribution < -0.4 is 0 Å². The van der Waals surface area contributed by atoms with Crippen LogP contribution in [0.5, 0.6) is 0 Å². The van der Waals surface area contributed by atoms with Gasteiger partial charge in [0.05, 0.1) is 12.7 Å². The average molecular weight is 82.1 g/mol. The maximum atomic E-state index is 5.13. The lowest BCUT2D eigenvalue weighted by atomic mass is 10.0. The van der Waals surface area contributed by atoms with Gasteiger partial charge in [0, 0.05) is 6.42 Å². The van der Waals surface area contributed by atoms with E-state index in [1.165, 1.54) is 12.0 Å². The monoisotopic (exact) mass is 82.0 g/mol. The molecule has 6 heavy (non-hydrogen) atoms. The molecule has 0 aromatic rings. The van der Waals surface area contributed by atoms with E-state index in [2.05, 4.69) is 6.08 Å².